The molecule has 0 saturated carbocycles. The second kappa shape index (κ2) is 7.36. The van der Waals surface area contributed by atoms with Gasteiger partial charge in [0.05, 0.1) is 0 Å². The Morgan fingerprint density at radius 2 is 1.85 bits per heavy atom. The fourth-order valence-corrected chi connectivity index (χ4v) is 2.84. The van der Waals surface area contributed by atoms with Gasteiger partial charge in [0, 0.05) is 12.1 Å². The van der Waals surface area contributed by atoms with Crippen molar-refractivity contribution in [3.05, 3.63) is 29.6 Å². The molecule has 0 aliphatic carbocycles. The number of sulfonamides is 1. The van der Waals surface area contributed by atoms with E-state index in [1.807, 2.05) is 13.8 Å². The first-order valence-corrected chi connectivity index (χ1v) is 7.77. The molecule has 20 heavy (non-hydrogen) atoms. The van der Waals surface area contributed by atoms with Crippen molar-refractivity contribution in [3.8, 4) is 0 Å². The molecule has 0 atom stereocenters. The Hall–Kier alpha value is -0.690. The zero-order chi connectivity index (χ0) is 14.7. The summed E-state index contributed by atoms with van der Waals surface area (Å²) in [5, 5.41) is 0. The molecule has 0 heterocycles. The van der Waals surface area contributed by atoms with Gasteiger partial charge in [0.2, 0.25) is 10.0 Å². The van der Waals surface area contributed by atoms with Gasteiger partial charge >= 0.3 is 0 Å². The van der Waals surface area contributed by atoms with E-state index in [1.54, 1.807) is 13.0 Å². The summed E-state index contributed by atoms with van der Waals surface area (Å²) in [5.41, 5.74) is 6.09. The van der Waals surface area contributed by atoms with Crippen molar-refractivity contribution in [3.63, 3.8) is 0 Å². The lowest BCUT2D eigenvalue weighted by molar-refractivity contribution is 0.391. The molecule has 0 unspecified atom stereocenters. The summed E-state index contributed by atoms with van der Waals surface area (Å²) in [6, 6.07) is 4.03. The molecule has 0 amide bonds. The van der Waals surface area contributed by atoms with Crippen LogP contribution in [-0.4, -0.2) is 20.5 Å². The maximum atomic E-state index is 13.7. The molecule has 1 rings (SSSR count). The minimum Gasteiger partial charge on any atom is -0.324 e. The number of halogens is 2. The Bertz CT molecular complexity index is 545. The molecule has 1 aromatic carbocycles. The van der Waals surface area contributed by atoms with E-state index in [9.17, 15) is 12.8 Å². The summed E-state index contributed by atoms with van der Waals surface area (Å²) < 4.78 is 40.1. The molecular formula is C13H22ClFN2O2S. The van der Waals surface area contributed by atoms with Crippen LogP contribution < -0.4 is 10.5 Å². The molecular weight excluding hydrogens is 303 g/mol. The topological polar surface area (TPSA) is 72.2 Å². The molecule has 0 saturated heterocycles. The van der Waals surface area contributed by atoms with Crippen LogP contribution in [0.3, 0.4) is 0 Å². The van der Waals surface area contributed by atoms with Gasteiger partial charge < -0.3 is 5.73 Å². The van der Waals surface area contributed by atoms with Crippen molar-refractivity contribution in [1.29, 1.82) is 0 Å². The predicted octanol–water partition coefficient (Wildman–Crippen LogP) is 2.35. The van der Waals surface area contributed by atoms with Crippen molar-refractivity contribution in [2.24, 2.45) is 5.73 Å². The Morgan fingerprint density at radius 1 is 1.30 bits per heavy atom. The van der Waals surface area contributed by atoms with Crippen LogP contribution in [0.5, 0.6) is 0 Å². The van der Waals surface area contributed by atoms with Crippen molar-refractivity contribution in [2.75, 3.05) is 6.54 Å². The number of nitrogens with two attached hydrogens (primary N) is 1. The van der Waals surface area contributed by atoms with Crippen LogP contribution in [0.25, 0.3) is 0 Å². The number of hydrogen-bond acceptors (Lipinski definition) is 3. The van der Waals surface area contributed by atoms with E-state index in [1.165, 1.54) is 12.1 Å². The third kappa shape index (κ3) is 4.70. The lowest BCUT2D eigenvalue weighted by atomic mass is 9.95. The summed E-state index contributed by atoms with van der Waals surface area (Å²) >= 11 is 0. The maximum absolute atomic E-state index is 13.7. The van der Waals surface area contributed by atoms with Crippen molar-refractivity contribution in [2.45, 2.75) is 44.0 Å². The van der Waals surface area contributed by atoms with Crippen LogP contribution >= 0.6 is 12.4 Å². The van der Waals surface area contributed by atoms with E-state index in [-0.39, 0.29) is 23.8 Å². The van der Waals surface area contributed by atoms with Crippen molar-refractivity contribution < 1.29 is 12.8 Å². The summed E-state index contributed by atoms with van der Waals surface area (Å²) in [7, 11) is -3.87. The van der Waals surface area contributed by atoms with Gasteiger partial charge in [0.1, 0.15) is 10.7 Å². The molecule has 3 N–H and O–H groups in total. The van der Waals surface area contributed by atoms with E-state index in [2.05, 4.69) is 4.72 Å². The van der Waals surface area contributed by atoms with Gasteiger partial charge in [-0.2, -0.15) is 0 Å². The van der Waals surface area contributed by atoms with Gasteiger partial charge in [0.15, 0.2) is 0 Å². The molecule has 0 bridgehead atoms. The Kier molecular flexibility index (Phi) is 7.10. The average Bonchev–Trinajstić information content (AvgIpc) is 2.35. The Morgan fingerprint density at radius 3 is 2.30 bits per heavy atom. The minimum absolute atomic E-state index is 0. The SMILES string of the molecule is CCC(N)(CC)CNS(=O)(=O)c1ccc(C)cc1F.Cl. The third-order valence-electron chi connectivity index (χ3n) is 3.40. The highest BCUT2D eigenvalue weighted by molar-refractivity contribution is 7.89. The minimum atomic E-state index is -3.87. The van der Waals surface area contributed by atoms with E-state index in [4.69, 9.17) is 5.73 Å². The van der Waals surface area contributed by atoms with Gasteiger partial charge in [-0.1, -0.05) is 19.9 Å². The molecule has 0 radical (unpaired) electrons. The maximum Gasteiger partial charge on any atom is 0.243 e. The standard InChI is InChI=1S/C13H21FN2O2S.ClH/c1-4-13(15,5-2)9-16-19(17,18)12-7-6-10(3)8-11(12)14;/h6-8,16H,4-5,9,15H2,1-3H3;1H. The highest BCUT2D eigenvalue weighted by atomic mass is 35.5. The quantitative estimate of drug-likeness (QED) is 0.843. The number of aryl methyl sites for hydroxylation is 1. The molecule has 1 aromatic rings. The van der Waals surface area contributed by atoms with Gasteiger partial charge in [-0.05, 0) is 37.5 Å². The monoisotopic (exact) mass is 324 g/mol. The zero-order valence-corrected chi connectivity index (χ0v) is 13.6. The van der Waals surface area contributed by atoms with Crippen molar-refractivity contribution in [1.82, 2.24) is 4.72 Å². The van der Waals surface area contributed by atoms with Crippen LogP contribution in [-0.2, 0) is 10.0 Å². The third-order valence-corrected chi connectivity index (χ3v) is 4.83. The number of benzene rings is 1. The normalized spacial score (nSPS) is 12.1. The summed E-state index contributed by atoms with van der Waals surface area (Å²) in [6.45, 7) is 5.58. The number of hydrogen-bond donors (Lipinski definition) is 2. The lowest BCUT2D eigenvalue weighted by Crippen LogP contribution is -2.49. The van der Waals surface area contributed by atoms with Gasteiger partial charge in [-0.25, -0.2) is 17.5 Å². The molecule has 0 aromatic heterocycles. The summed E-state index contributed by atoms with van der Waals surface area (Å²) in [6.07, 6.45) is 1.28. The molecule has 0 fully saturated rings. The highest BCUT2D eigenvalue weighted by Crippen LogP contribution is 2.17. The van der Waals surface area contributed by atoms with Gasteiger partial charge in [-0.15, -0.1) is 12.4 Å². The largest absolute Gasteiger partial charge is 0.324 e. The van der Waals surface area contributed by atoms with Crippen molar-refractivity contribution >= 4 is 22.4 Å². The van der Waals surface area contributed by atoms with Crippen LogP contribution in [0.2, 0.25) is 0 Å². The summed E-state index contributed by atoms with van der Waals surface area (Å²) in [4.78, 5) is -0.340. The Labute approximate surface area is 126 Å². The first-order valence-electron chi connectivity index (χ1n) is 6.29. The van der Waals surface area contributed by atoms with Gasteiger partial charge in [-0.3, -0.25) is 0 Å². The van der Waals surface area contributed by atoms with E-state index >= 15 is 0 Å². The van der Waals surface area contributed by atoms with Crippen LogP contribution in [0.4, 0.5) is 4.39 Å². The first kappa shape index (κ1) is 19.3. The first-order chi connectivity index (χ1) is 8.74. The predicted molar refractivity (Wildman–Crippen MR) is 81.1 cm³/mol. The lowest BCUT2D eigenvalue weighted by Gasteiger charge is -2.26. The van der Waals surface area contributed by atoms with E-state index < -0.39 is 21.4 Å². The second-order valence-corrected chi connectivity index (χ2v) is 6.56. The molecule has 116 valence electrons. The number of rotatable bonds is 6. The van der Waals surface area contributed by atoms with Crippen LogP contribution in [0.1, 0.15) is 32.3 Å². The second-order valence-electron chi connectivity index (χ2n) is 4.83. The van der Waals surface area contributed by atoms with Crippen LogP contribution in [0.15, 0.2) is 23.1 Å². The molecule has 7 heteroatoms. The fourth-order valence-electron chi connectivity index (χ4n) is 1.64. The molecule has 0 spiro atoms. The zero-order valence-electron chi connectivity index (χ0n) is 11.9. The average molecular weight is 325 g/mol. The van der Waals surface area contributed by atoms with E-state index in [0.29, 0.717) is 18.4 Å². The smallest absolute Gasteiger partial charge is 0.243 e. The number of nitrogens with one attached hydrogen (secondary N) is 1. The van der Waals surface area contributed by atoms with Crippen LogP contribution in [0, 0.1) is 12.7 Å². The fraction of sp³-hybridized carbons (Fsp3) is 0.538. The molecule has 0 aliphatic heterocycles. The molecule has 0 aliphatic rings. The highest BCUT2D eigenvalue weighted by Gasteiger charge is 2.25. The van der Waals surface area contributed by atoms with E-state index in [0.717, 1.165) is 0 Å². The van der Waals surface area contributed by atoms with Gasteiger partial charge in [0.25, 0.3) is 0 Å². The Balaban J connectivity index is 0.00000361. The molecule has 4 nitrogen and oxygen atoms in total. The summed E-state index contributed by atoms with van der Waals surface area (Å²) in [5.74, 6) is -0.747.